The molecule has 1 aliphatic rings. The van der Waals surface area contributed by atoms with Gasteiger partial charge in [0.15, 0.2) is 6.61 Å². The number of carbonyl (C=O) groups excluding carboxylic acids is 2. The van der Waals surface area contributed by atoms with Gasteiger partial charge in [-0.05, 0) is 49.1 Å². The van der Waals surface area contributed by atoms with Crippen LogP contribution in [0.15, 0.2) is 46.9 Å². The summed E-state index contributed by atoms with van der Waals surface area (Å²) in [5, 5.41) is 4.11. The Kier molecular flexibility index (Phi) is 9.90. The number of carbonyl (C=O) groups is 2. The van der Waals surface area contributed by atoms with E-state index >= 15 is 0 Å². The third kappa shape index (κ3) is 7.36. The summed E-state index contributed by atoms with van der Waals surface area (Å²) in [5.41, 5.74) is 0.776. The molecule has 0 aliphatic heterocycles. The van der Waals surface area contributed by atoms with Gasteiger partial charge >= 0.3 is 0 Å². The van der Waals surface area contributed by atoms with Gasteiger partial charge in [0.2, 0.25) is 5.91 Å². The molecule has 5 nitrogen and oxygen atoms in total. The van der Waals surface area contributed by atoms with Gasteiger partial charge in [0.25, 0.3) is 5.91 Å². The van der Waals surface area contributed by atoms with Crippen molar-refractivity contribution in [2.24, 2.45) is 0 Å². The van der Waals surface area contributed by atoms with Gasteiger partial charge in [0.05, 0.1) is 5.02 Å². The third-order valence-corrected chi connectivity index (χ3v) is 7.04. The molecule has 178 valence electrons. The Morgan fingerprint density at radius 1 is 1.12 bits per heavy atom. The lowest BCUT2D eigenvalue weighted by Gasteiger charge is -2.33. The van der Waals surface area contributed by atoms with Crippen molar-refractivity contribution >= 4 is 50.9 Å². The number of halogens is 3. The van der Waals surface area contributed by atoms with Crippen molar-refractivity contribution < 1.29 is 14.3 Å². The second-order valence-corrected chi connectivity index (χ2v) is 9.97. The summed E-state index contributed by atoms with van der Waals surface area (Å²) in [4.78, 5) is 28.1. The van der Waals surface area contributed by atoms with E-state index in [1.807, 2.05) is 25.1 Å². The van der Waals surface area contributed by atoms with Crippen molar-refractivity contribution in [2.45, 2.75) is 64.1 Å². The molecule has 0 unspecified atom stereocenters. The van der Waals surface area contributed by atoms with Gasteiger partial charge < -0.3 is 15.0 Å². The quantitative estimate of drug-likeness (QED) is 0.390. The van der Waals surface area contributed by atoms with E-state index in [0.717, 1.165) is 35.7 Å². The third-order valence-electron chi connectivity index (χ3n) is 5.88. The molecule has 1 aliphatic carbocycles. The summed E-state index contributed by atoms with van der Waals surface area (Å²) < 4.78 is 6.53. The van der Waals surface area contributed by atoms with Crippen molar-refractivity contribution in [1.82, 2.24) is 10.2 Å². The highest BCUT2D eigenvalue weighted by Crippen LogP contribution is 2.28. The molecule has 2 aromatic carbocycles. The molecule has 3 rings (SSSR count). The predicted molar refractivity (Wildman–Crippen MR) is 136 cm³/mol. The van der Waals surface area contributed by atoms with Gasteiger partial charge in [-0.2, -0.15) is 0 Å². The average molecular weight is 556 g/mol. The Balaban J connectivity index is 1.78. The van der Waals surface area contributed by atoms with Crippen LogP contribution in [0.1, 0.15) is 51.0 Å². The lowest BCUT2D eigenvalue weighted by atomic mass is 9.95. The standard InChI is InChI=1S/C25H29BrCl2N2O3/c1-2-22(25(32)29-19-9-4-3-5-10-19)30(15-17-8-6-7-11-20(17)27)24(31)16-33-23-13-12-18(26)14-21(23)28/h6-8,11-14,19,22H,2-5,9-10,15-16H2,1H3,(H,29,32)/t22-/m0/s1. The highest BCUT2D eigenvalue weighted by molar-refractivity contribution is 9.10. The lowest BCUT2D eigenvalue weighted by molar-refractivity contribution is -0.143. The minimum atomic E-state index is -0.625. The van der Waals surface area contributed by atoms with Crippen LogP contribution in [-0.2, 0) is 16.1 Å². The van der Waals surface area contributed by atoms with Crippen LogP contribution in [0.4, 0.5) is 0 Å². The number of rotatable bonds is 9. The molecule has 1 N–H and O–H groups in total. The summed E-state index contributed by atoms with van der Waals surface area (Å²) in [6.07, 6.45) is 5.87. The number of nitrogens with zero attached hydrogens (tertiary/aromatic N) is 1. The van der Waals surface area contributed by atoms with Crippen LogP contribution in [0, 0.1) is 0 Å². The second kappa shape index (κ2) is 12.6. The van der Waals surface area contributed by atoms with Gasteiger partial charge in [-0.1, -0.05) is 83.5 Å². The molecule has 2 aromatic rings. The number of amides is 2. The summed E-state index contributed by atoms with van der Waals surface area (Å²) in [6.45, 7) is 1.88. The largest absolute Gasteiger partial charge is 0.482 e. The summed E-state index contributed by atoms with van der Waals surface area (Å²) >= 11 is 16.0. The van der Waals surface area contributed by atoms with Crippen molar-refractivity contribution in [3.63, 3.8) is 0 Å². The maximum atomic E-state index is 13.3. The molecule has 0 spiro atoms. The van der Waals surface area contributed by atoms with Crippen LogP contribution >= 0.6 is 39.1 Å². The highest BCUT2D eigenvalue weighted by atomic mass is 79.9. The molecule has 33 heavy (non-hydrogen) atoms. The molecule has 0 radical (unpaired) electrons. The van der Waals surface area contributed by atoms with Crippen LogP contribution in [0.2, 0.25) is 10.0 Å². The fourth-order valence-electron chi connectivity index (χ4n) is 4.09. The van der Waals surface area contributed by atoms with Crippen molar-refractivity contribution in [2.75, 3.05) is 6.61 Å². The number of ether oxygens (including phenoxy) is 1. The monoisotopic (exact) mass is 554 g/mol. The van der Waals surface area contributed by atoms with Crippen LogP contribution in [0.5, 0.6) is 5.75 Å². The van der Waals surface area contributed by atoms with E-state index < -0.39 is 6.04 Å². The van der Waals surface area contributed by atoms with E-state index in [1.165, 1.54) is 6.42 Å². The van der Waals surface area contributed by atoms with Crippen LogP contribution in [0.25, 0.3) is 0 Å². The number of nitrogens with one attached hydrogen (secondary N) is 1. The first-order chi connectivity index (χ1) is 15.9. The summed E-state index contributed by atoms with van der Waals surface area (Å²) in [5.74, 6) is -0.0309. The zero-order chi connectivity index (χ0) is 23.8. The van der Waals surface area contributed by atoms with Crippen LogP contribution in [0.3, 0.4) is 0 Å². The summed E-state index contributed by atoms with van der Waals surface area (Å²) in [6, 6.07) is 12.1. The zero-order valence-corrected chi connectivity index (χ0v) is 21.8. The van der Waals surface area contributed by atoms with Crippen molar-refractivity contribution in [3.8, 4) is 5.75 Å². The first-order valence-corrected chi connectivity index (χ1v) is 12.8. The first kappa shape index (κ1) is 25.9. The Bertz CT molecular complexity index is 966. The van der Waals surface area contributed by atoms with Crippen LogP contribution in [-0.4, -0.2) is 35.4 Å². The molecule has 2 amide bonds. The second-order valence-electron chi connectivity index (χ2n) is 8.24. The van der Waals surface area contributed by atoms with Gasteiger partial charge in [0, 0.05) is 22.1 Å². The van der Waals surface area contributed by atoms with Crippen molar-refractivity contribution in [1.29, 1.82) is 0 Å². The minimum absolute atomic E-state index is 0.133. The van der Waals surface area contributed by atoms with Crippen LogP contribution < -0.4 is 10.1 Å². The van der Waals surface area contributed by atoms with E-state index in [-0.39, 0.29) is 31.0 Å². The molecule has 1 saturated carbocycles. The number of hydrogen-bond acceptors (Lipinski definition) is 3. The summed E-state index contributed by atoms with van der Waals surface area (Å²) in [7, 11) is 0. The average Bonchev–Trinajstić information content (AvgIpc) is 2.80. The normalized spacial score (nSPS) is 15.0. The first-order valence-electron chi connectivity index (χ1n) is 11.3. The molecule has 0 saturated heterocycles. The maximum absolute atomic E-state index is 13.3. The highest BCUT2D eigenvalue weighted by Gasteiger charge is 2.31. The van der Waals surface area contributed by atoms with E-state index in [2.05, 4.69) is 21.2 Å². The predicted octanol–water partition coefficient (Wildman–Crippen LogP) is 6.39. The number of benzene rings is 2. The van der Waals surface area contributed by atoms with Gasteiger partial charge in [-0.3, -0.25) is 9.59 Å². The lowest BCUT2D eigenvalue weighted by Crippen LogP contribution is -2.52. The Morgan fingerprint density at radius 3 is 2.52 bits per heavy atom. The number of hydrogen-bond donors (Lipinski definition) is 1. The van der Waals surface area contributed by atoms with E-state index in [0.29, 0.717) is 22.2 Å². The topological polar surface area (TPSA) is 58.6 Å². The Labute approximate surface area is 213 Å². The molecule has 0 heterocycles. The molecule has 0 aromatic heterocycles. The molecular formula is C25H29BrCl2N2O3. The zero-order valence-electron chi connectivity index (χ0n) is 18.7. The van der Waals surface area contributed by atoms with E-state index in [4.69, 9.17) is 27.9 Å². The minimum Gasteiger partial charge on any atom is -0.482 e. The maximum Gasteiger partial charge on any atom is 0.261 e. The van der Waals surface area contributed by atoms with E-state index in [9.17, 15) is 9.59 Å². The fourth-order valence-corrected chi connectivity index (χ4v) is 5.01. The molecule has 1 fully saturated rings. The van der Waals surface area contributed by atoms with Gasteiger partial charge in [-0.15, -0.1) is 0 Å². The Hall–Kier alpha value is -1.76. The molecule has 1 atom stereocenters. The fraction of sp³-hybridized carbons (Fsp3) is 0.440. The SMILES string of the molecule is CC[C@@H](C(=O)NC1CCCCC1)N(Cc1ccccc1Cl)C(=O)COc1ccc(Br)cc1Cl. The van der Waals surface area contributed by atoms with Gasteiger partial charge in [-0.25, -0.2) is 0 Å². The molecular weight excluding hydrogens is 527 g/mol. The smallest absolute Gasteiger partial charge is 0.261 e. The van der Waals surface area contributed by atoms with Crippen molar-refractivity contribution in [3.05, 3.63) is 62.5 Å². The van der Waals surface area contributed by atoms with E-state index in [1.54, 1.807) is 29.2 Å². The molecule has 0 bridgehead atoms. The molecule has 8 heteroatoms. The van der Waals surface area contributed by atoms with Gasteiger partial charge in [0.1, 0.15) is 11.8 Å². The Morgan fingerprint density at radius 2 is 1.85 bits per heavy atom.